The number of ether oxygens (including phenoxy) is 2. The van der Waals surface area contributed by atoms with Crippen LogP contribution in [0.2, 0.25) is 5.02 Å². The zero-order chi connectivity index (χ0) is 24.5. The second kappa shape index (κ2) is 9.11. The number of nitrogens with zero attached hydrogens (tertiary/aromatic N) is 4. The van der Waals surface area contributed by atoms with Crippen LogP contribution in [-0.4, -0.2) is 32.2 Å². The molecule has 3 aromatic carbocycles. The van der Waals surface area contributed by atoms with Crippen LogP contribution in [0.4, 0.5) is 5.69 Å². The fraction of sp³-hybridized carbons (Fsp3) is 0.120. The highest BCUT2D eigenvalue weighted by molar-refractivity contribution is 6.31. The fourth-order valence-electron chi connectivity index (χ4n) is 3.66. The van der Waals surface area contributed by atoms with Crippen molar-refractivity contribution in [2.24, 2.45) is 0 Å². The first-order chi connectivity index (χ1) is 16.9. The van der Waals surface area contributed by atoms with Crippen LogP contribution in [0.1, 0.15) is 5.56 Å². The quantitative estimate of drug-likeness (QED) is 0.378. The van der Waals surface area contributed by atoms with Gasteiger partial charge in [-0.05, 0) is 49.4 Å². The van der Waals surface area contributed by atoms with Crippen molar-refractivity contribution in [2.75, 3.05) is 12.4 Å². The van der Waals surface area contributed by atoms with E-state index in [1.807, 2.05) is 37.3 Å². The third-order valence-corrected chi connectivity index (χ3v) is 5.57. The molecule has 35 heavy (non-hydrogen) atoms. The van der Waals surface area contributed by atoms with Crippen molar-refractivity contribution in [3.05, 3.63) is 87.8 Å². The highest BCUT2D eigenvalue weighted by Crippen LogP contribution is 2.28. The molecule has 5 aromatic rings. The number of carbonyl (C=O) groups excluding carboxylic acids is 1. The van der Waals surface area contributed by atoms with E-state index >= 15 is 0 Å². The van der Waals surface area contributed by atoms with Crippen molar-refractivity contribution < 1.29 is 14.3 Å². The maximum atomic E-state index is 13.3. The van der Waals surface area contributed by atoms with Gasteiger partial charge in [0.05, 0.1) is 23.8 Å². The summed E-state index contributed by atoms with van der Waals surface area (Å²) >= 11 is 6.05. The maximum Gasteiger partial charge on any atom is 0.351 e. The summed E-state index contributed by atoms with van der Waals surface area (Å²) in [5, 5.41) is 7.53. The van der Waals surface area contributed by atoms with Crippen LogP contribution in [0.15, 0.2) is 71.5 Å². The molecule has 2 aromatic heterocycles. The molecule has 176 valence electrons. The molecule has 0 atom stereocenters. The maximum absolute atomic E-state index is 13.3. The number of methoxy groups -OCH3 is 1. The van der Waals surface area contributed by atoms with Gasteiger partial charge in [0.25, 0.3) is 5.88 Å². The van der Waals surface area contributed by atoms with E-state index in [1.54, 1.807) is 36.4 Å². The van der Waals surface area contributed by atoms with Gasteiger partial charge >= 0.3 is 5.69 Å². The fourth-order valence-corrected chi connectivity index (χ4v) is 3.84. The predicted molar refractivity (Wildman–Crippen MR) is 133 cm³/mol. The Labute approximate surface area is 204 Å². The molecule has 1 N–H and O–H groups in total. The first-order valence-corrected chi connectivity index (χ1v) is 11.1. The van der Waals surface area contributed by atoms with E-state index in [4.69, 9.17) is 21.1 Å². The molecule has 10 heteroatoms. The summed E-state index contributed by atoms with van der Waals surface area (Å²) in [6, 6.07) is 19.4. The molecule has 0 aliphatic rings. The van der Waals surface area contributed by atoms with Crippen molar-refractivity contribution in [1.29, 1.82) is 0 Å². The zero-order valence-corrected chi connectivity index (χ0v) is 19.6. The van der Waals surface area contributed by atoms with E-state index in [0.717, 1.165) is 10.2 Å². The predicted octanol–water partition coefficient (Wildman–Crippen LogP) is 4.45. The number of fused-ring (bicyclic) bond motifs is 3. The van der Waals surface area contributed by atoms with Gasteiger partial charge in [0.1, 0.15) is 18.0 Å². The van der Waals surface area contributed by atoms with E-state index in [-0.39, 0.29) is 18.1 Å². The van der Waals surface area contributed by atoms with Crippen molar-refractivity contribution in [2.45, 2.75) is 13.5 Å². The minimum absolute atomic E-state index is 0.153. The molecule has 9 nitrogen and oxygen atoms in total. The van der Waals surface area contributed by atoms with Crippen LogP contribution in [0.3, 0.4) is 0 Å². The molecular formula is C25H20ClN5O4. The molecule has 0 saturated heterocycles. The highest BCUT2D eigenvalue weighted by Gasteiger charge is 2.19. The molecule has 0 aliphatic heterocycles. The normalized spacial score (nSPS) is 11.1. The lowest BCUT2D eigenvalue weighted by atomic mass is 10.2. The Morgan fingerprint density at radius 3 is 2.63 bits per heavy atom. The van der Waals surface area contributed by atoms with Crippen LogP contribution in [-0.2, 0) is 11.3 Å². The van der Waals surface area contributed by atoms with Crippen molar-refractivity contribution >= 4 is 39.9 Å². The average molecular weight is 490 g/mol. The van der Waals surface area contributed by atoms with Crippen LogP contribution in [0.5, 0.6) is 17.4 Å². The molecule has 0 aliphatic carbocycles. The SMILES string of the molecule is COc1ccc(Cl)cc1NC(=O)Cn1nc2c(Oc3ccc(C)cc3)nc3ccccc3n2c1=O. The third kappa shape index (κ3) is 4.41. The number of hydrogen-bond acceptors (Lipinski definition) is 6. The average Bonchev–Trinajstić information content (AvgIpc) is 3.17. The standard InChI is InChI=1S/C25H20ClN5O4/c1-15-7-10-17(11-8-15)35-24-23-29-30(25(33)31(23)20-6-4-3-5-18(20)28-24)14-22(32)27-19-13-16(26)9-12-21(19)34-2/h3-13H,14H2,1-2H3,(H,27,32). The number of hydrogen-bond donors (Lipinski definition) is 1. The Kier molecular flexibility index (Phi) is 5.84. The summed E-state index contributed by atoms with van der Waals surface area (Å²) in [4.78, 5) is 30.7. The van der Waals surface area contributed by atoms with Crippen LogP contribution in [0.25, 0.3) is 16.7 Å². The third-order valence-electron chi connectivity index (χ3n) is 5.34. The summed E-state index contributed by atoms with van der Waals surface area (Å²) in [5.74, 6) is 0.664. The van der Waals surface area contributed by atoms with Crippen LogP contribution < -0.4 is 20.5 Å². The summed E-state index contributed by atoms with van der Waals surface area (Å²) in [7, 11) is 1.49. The van der Waals surface area contributed by atoms with Gasteiger partial charge in [0.2, 0.25) is 11.6 Å². The number of aryl methyl sites for hydroxylation is 1. The highest BCUT2D eigenvalue weighted by atomic mass is 35.5. The number of carbonyl (C=O) groups is 1. The molecule has 2 heterocycles. The Morgan fingerprint density at radius 1 is 1.09 bits per heavy atom. The van der Waals surface area contributed by atoms with Gasteiger partial charge in [-0.25, -0.2) is 18.9 Å². The van der Waals surface area contributed by atoms with Gasteiger partial charge < -0.3 is 14.8 Å². The van der Waals surface area contributed by atoms with Gasteiger partial charge in [-0.2, -0.15) is 0 Å². The molecule has 0 bridgehead atoms. The number of nitrogens with one attached hydrogen (secondary N) is 1. The Balaban J connectivity index is 1.54. The van der Waals surface area contributed by atoms with E-state index in [2.05, 4.69) is 15.4 Å². The summed E-state index contributed by atoms with van der Waals surface area (Å²) in [5.41, 5.74) is 2.26. The molecule has 1 amide bonds. The number of amides is 1. The van der Waals surface area contributed by atoms with E-state index in [9.17, 15) is 9.59 Å². The Morgan fingerprint density at radius 2 is 1.86 bits per heavy atom. The minimum Gasteiger partial charge on any atom is -0.495 e. The summed E-state index contributed by atoms with van der Waals surface area (Å²) < 4.78 is 13.7. The lowest BCUT2D eigenvalue weighted by molar-refractivity contribution is -0.117. The van der Waals surface area contributed by atoms with Gasteiger partial charge in [-0.15, -0.1) is 5.10 Å². The van der Waals surface area contributed by atoms with Crippen LogP contribution >= 0.6 is 11.6 Å². The first-order valence-electron chi connectivity index (χ1n) is 10.7. The molecule has 0 fully saturated rings. The molecular weight excluding hydrogens is 470 g/mol. The van der Waals surface area contributed by atoms with Gasteiger partial charge in [-0.1, -0.05) is 41.4 Å². The molecule has 5 rings (SSSR count). The topological polar surface area (TPSA) is 99.8 Å². The van der Waals surface area contributed by atoms with Crippen molar-refractivity contribution in [3.8, 4) is 17.4 Å². The largest absolute Gasteiger partial charge is 0.495 e. The number of halogens is 1. The lowest BCUT2D eigenvalue weighted by Gasteiger charge is -2.10. The monoisotopic (exact) mass is 489 g/mol. The van der Waals surface area contributed by atoms with Crippen molar-refractivity contribution in [1.82, 2.24) is 19.2 Å². The zero-order valence-electron chi connectivity index (χ0n) is 18.9. The number of aromatic nitrogens is 4. The molecule has 0 radical (unpaired) electrons. The number of benzene rings is 3. The second-order valence-electron chi connectivity index (χ2n) is 7.81. The number of rotatable bonds is 6. The Bertz CT molecular complexity index is 1630. The lowest BCUT2D eigenvalue weighted by Crippen LogP contribution is -2.28. The van der Waals surface area contributed by atoms with Gasteiger partial charge in [0, 0.05) is 5.02 Å². The van der Waals surface area contributed by atoms with E-state index in [1.165, 1.54) is 11.5 Å². The summed E-state index contributed by atoms with van der Waals surface area (Å²) in [6.07, 6.45) is 0. The van der Waals surface area contributed by atoms with Crippen LogP contribution in [0, 0.1) is 6.92 Å². The molecule has 0 spiro atoms. The summed E-state index contributed by atoms with van der Waals surface area (Å²) in [6.45, 7) is 1.63. The smallest absolute Gasteiger partial charge is 0.351 e. The van der Waals surface area contributed by atoms with Gasteiger partial charge in [0.15, 0.2) is 0 Å². The van der Waals surface area contributed by atoms with Gasteiger partial charge in [-0.3, -0.25) is 4.79 Å². The van der Waals surface area contributed by atoms with E-state index in [0.29, 0.717) is 33.2 Å². The van der Waals surface area contributed by atoms with E-state index < -0.39 is 11.6 Å². The minimum atomic E-state index is -0.499. The second-order valence-corrected chi connectivity index (χ2v) is 8.25. The van der Waals surface area contributed by atoms with Crippen molar-refractivity contribution in [3.63, 3.8) is 0 Å². The Hall–Kier alpha value is -4.37. The molecule has 0 saturated carbocycles. The number of anilines is 1. The first kappa shape index (κ1) is 22.4. The molecule has 0 unspecified atom stereocenters. The number of para-hydroxylation sites is 2.